The van der Waals surface area contributed by atoms with Gasteiger partial charge in [0.2, 0.25) is 0 Å². The zero-order valence-electron chi connectivity index (χ0n) is 10.3. The van der Waals surface area contributed by atoms with Crippen LogP contribution in [-0.4, -0.2) is 5.97 Å². The Morgan fingerprint density at radius 2 is 1.89 bits per heavy atom. The number of ether oxygens (including phenoxy) is 1. The van der Waals surface area contributed by atoms with Crippen molar-refractivity contribution in [2.24, 2.45) is 0 Å². The molecule has 0 unspecified atom stereocenters. The molecule has 18 heavy (non-hydrogen) atoms. The average molecular weight is 238 g/mol. The van der Waals surface area contributed by atoms with Gasteiger partial charge in [0.15, 0.2) is 0 Å². The largest absolute Gasteiger partial charge is 0.461 e. The Morgan fingerprint density at radius 1 is 1.11 bits per heavy atom. The van der Waals surface area contributed by atoms with Gasteiger partial charge in [-0.1, -0.05) is 36.4 Å². The van der Waals surface area contributed by atoms with Gasteiger partial charge < -0.3 is 4.74 Å². The number of fused-ring (bicyclic) bond motifs is 3. The molecule has 2 heteroatoms. The lowest BCUT2D eigenvalue weighted by Gasteiger charge is -2.06. The maximum Gasteiger partial charge on any atom is 0.302 e. The molecule has 0 saturated heterocycles. The molecular formula is C16H14O2. The molecule has 0 spiro atoms. The van der Waals surface area contributed by atoms with Crippen LogP contribution in [-0.2, 0) is 22.6 Å². The highest BCUT2D eigenvalue weighted by atomic mass is 16.5. The quantitative estimate of drug-likeness (QED) is 0.640. The lowest BCUT2D eigenvalue weighted by atomic mass is 10.0. The van der Waals surface area contributed by atoms with Crippen LogP contribution in [0.4, 0.5) is 0 Å². The number of hydrogen-bond acceptors (Lipinski definition) is 2. The van der Waals surface area contributed by atoms with Crippen molar-refractivity contribution in [1.82, 2.24) is 0 Å². The lowest BCUT2D eigenvalue weighted by Crippen LogP contribution is -1.99. The van der Waals surface area contributed by atoms with Crippen LogP contribution in [0.2, 0.25) is 0 Å². The van der Waals surface area contributed by atoms with Gasteiger partial charge in [-0.3, -0.25) is 4.79 Å². The molecule has 0 saturated carbocycles. The van der Waals surface area contributed by atoms with E-state index in [4.69, 9.17) is 4.74 Å². The van der Waals surface area contributed by atoms with Gasteiger partial charge >= 0.3 is 5.97 Å². The summed E-state index contributed by atoms with van der Waals surface area (Å²) in [6, 6.07) is 14.8. The molecule has 1 aliphatic carbocycles. The molecule has 0 atom stereocenters. The van der Waals surface area contributed by atoms with Crippen LogP contribution >= 0.6 is 0 Å². The van der Waals surface area contributed by atoms with Crippen LogP contribution in [0.5, 0.6) is 0 Å². The Hall–Kier alpha value is -2.09. The summed E-state index contributed by atoms with van der Waals surface area (Å²) in [6.07, 6.45) is 0.999. The Morgan fingerprint density at radius 3 is 2.72 bits per heavy atom. The fourth-order valence-corrected chi connectivity index (χ4v) is 2.45. The van der Waals surface area contributed by atoms with E-state index in [0.29, 0.717) is 6.61 Å². The number of benzene rings is 2. The molecule has 2 aromatic carbocycles. The molecule has 2 nitrogen and oxygen atoms in total. The van der Waals surface area contributed by atoms with Gasteiger partial charge in [0.25, 0.3) is 0 Å². The predicted molar refractivity (Wildman–Crippen MR) is 70.2 cm³/mol. The van der Waals surface area contributed by atoms with E-state index in [9.17, 15) is 4.79 Å². The Labute approximate surface area is 106 Å². The third-order valence-electron chi connectivity index (χ3n) is 3.30. The third-order valence-corrected chi connectivity index (χ3v) is 3.30. The van der Waals surface area contributed by atoms with Crippen LogP contribution < -0.4 is 0 Å². The highest BCUT2D eigenvalue weighted by Gasteiger charge is 2.17. The first-order valence-corrected chi connectivity index (χ1v) is 6.07. The Balaban J connectivity index is 1.95. The molecule has 0 aromatic heterocycles. The van der Waals surface area contributed by atoms with Crippen molar-refractivity contribution < 1.29 is 9.53 Å². The third kappa shape index (κ3) is 1.90. The van der Waals surface area contributed by atoms with Gasteiger partial charge in [0.05, 0.1) is 0 Å². The number of esters is 1. The molecule has 0 bridgehead atoms. The summed E-state index contributed by atoms with van der Waals surface area (Å²) < 4.78 is 5.04. The maximum atomic E-state index is 10.8. The fourth-order valence-electron chi connectivity index (χ4n) is 2.45. The molecule has 90 valence electrons. The van der Waals surface area contributed by atoms with Crippen molar-refractivity contribution >= 4 is 5.97 Å². The second-order valence-corrected chi connectivity index (χ2v) is 4.61. The van der Waals surface area contributed by atoms with E-state index in [1.165, 1.54) is 29.2 Å². The molecule has 3 rings (SSSR count). The standard InChI is InChI=1S/C16H14O2/c1-11(17)18-10-12-6-7-14-9-13-4-2-3-5-15(13)16(14)8-12/h2-8H,9-10H2,1H3. The predicted octanol–water partition coefficient (Wildman–Crippen LogP) is 3.32. The summed E-state index contributed by atoms with van der Waals surface area (Å²) >= 11 is 0. The van der Waals surface area contributed by atoms with E-state index >= 15 is 0 Å². The van der Waals surface area contributed by atoms with E-state index < -0.39 is 0 Å². The van der Waals surface area contributed by atoms with E-state index in [2.05, 4.69) is 36.4 Å². The molecule has 1 aliphatic rings. The lowest BCUT2D eigenvalue weighted by molar-refractivity contribution is -0.142. The molecular weight excluding hydrogens is 224 g/mol. The van der Waals surface area contributed by atoms with Crippen molar-refractivity contribution in [3.63, 3.8) is 0 Å². The first-order chi connectivity index (χ1) is 8.74. The minimum absolute atomic E-state index is 0.240. The van der Waals surface area contributed by atoms with Crippen LogP contribution in [0.1, 0.15) is 23.6 Å². The number of rotatable bonds is 2. The second-order valence-electron chi connectivity index (χ2n) is 4.61. The van der Waals surface area contributed by atoms with Gasteiger partial charge in [-0.15, -0.1) is 0 Å². The number of carbonyl (C=O) groups is 1. The van der Waals surface area contributed by atoms with Crippen molar-refractivity contribution in [3.8, 4) is 11.1 Å². The zero-order chi connectivity index (χ0) is 12.5. The summed E-state index contributed by atoms with van der Waals surface area (Å²) in [5, 5.41) is 0. The molecule has 0 aliphatic heterocycles. The summed E-state index contributed by atoms with van der Waals surface area (Å²) in [5.74, 6) is -0.240. The summed E-state index contributed by atoms with van der Waals surface area (Å²) in [5.41, 5.74) is 6.34. The molecule has 0 amide bonds. The first kappa shape index (κ1) is 11.0. The summed E-state index contributed by atoms with van der Waals surface area (Å²) in [7, 11) is 0. The van der Waals surface area contributed by atoms with Gasteiger partial charge in [-0.05, 0) is 40.3 Å². The highest BCUT2D eigenvalue weighted by molar-refractivity contribution is 5.77. The summed E-state index contributed by atoms with van der Waals surface area (Å²) in [4.78, 5) is 10.8. The van der Waals surface area contributed by atoms with Crippen LogP contribution in [0.25, 0.3) is 11.1 Å². The topological polar surface area (TPSA) is 26.3 Å². The average Bonchev–Trinajstić information content (AvgIpc) is 2.74. The molecule has 0 heterocycles. The fraction of sp³-hybridized carbons (Fsp3) is 0.188. The monoisotopic (exact) mass is 238 g/mol. The van der Waals surface area contributed by atoms with E-state index in [0.717, 1.165) is 12.0 Å². The van der Waals surface area contributed by atoms with Crippen LogP contribution in [0, 0.1) is 0 Å². The van der Waals surface area contributed by atoms with E-state index in [1.54, 1.807) is 0 Å². The van der Waals surface area contributed by atoms with E-state index in [1.807, 2.05) is 6.07 Å². The Bertz CT molecular complexity index is 614. The normalized spacial score (nSPS) is 11.8. The second kappa shape index (κ2) is 4.30. The number of hydrogen-bond donors (Lipinski definition) is 0. The molecule has 0 N–H and O–H groups in total. The van der Waals surface area contributed by atoms with Crippen LogP contribution in [0.15, 0.2) is 42.5 Å². The van der Waals surface area contributed by atoms with Gasteiger partial charge in [0, 0.05) is 6.92 Å². The smallest absolute Gasteiger partial charge is 0.302 e. The highest BCUT2D eigenvalue weighted by Crippen LogP contribution is 2.36. The van der Waals surface area contributed by atoms with Gasteiger partial charge in [0.1, 0.15) is 6.61 Å². The van der Waals surface area contributed by atoms with Gasteiger partial charge in [-0.25, -0.2) is 0 Å². The maximum absolute atomic E-state index is 10.8. The van der Waals surface area contributed by atoms with Crippen molar-refractivity contribution in [1.29, 1.82) is 0 Å². The van der Waals surface area contributed by atoms with Crippen molar-refractivity contribution in [2.75, 3.05) is 0 Å². The number of carbonyl (C=O) groups excluding carboxylic acids is 1. The van der Waals surface area contributed by atoms with Gasteiger partial charge in [-0.2, -0.15) is 0 Å². The molecule has 2 aromatic rings. The van der Waals surface area contributed by atoms with Crippen molar-refractivity contribution in [3.05, 3.63) is 59.2 Å². The summed E-state index contributed by atoms with van der Waals surface area (Å²) in [6.45, 7) is 1.79. The molecule has 0 fully saturated rings. The minimum atomic E-state index is -0.240. The molecule has 0 radical (unpaired) electrons. The SMILES string of the molecule is CC(=O)OCc1ccc2c(c1)-c1ccccc1C2. The Kier molecular flexibility index (Phi) is 2.63. The van der Waals surface area contributed by atoms with Crippen molar-refractivity contribution in [2.45, 2.75) is 20.0 Å². The zero-order valence-corrected chi connectivity index (χ0v) is 10.3. The van der Waals surface area contributed by atoms with Crippen LogP contribution in [0.3, 0.4) is 0 Å². The first-order valence-electron chi connectivity index (χ1n) is 6.07. The minimum Gasteiger partial charge on any atom is -0.461 e. The van der Waals surface area contributed by atoms with E-state index in [-0.39, 0.29) is 5.97 Å².